The molecule has 2 aromatic rings. The van der Waals surface area contributed by atoms with Crippen molar-refractivity contribution in [2.24, 2.45) is 0 Å². The standard InChI is InChI=1S/C21H23ClN2O4/c1-24(12-7-13-27-15-8-3-2-4-9-15)21(26)20-19(23-18(25)14-28-20)16-10-5-6-11-17(16)22/h2-6,8-11,19-20H,7,12-14H2,1H3,(H,23,25)/t19-,20+/m1/s1. The number of morpholine rings is 1. The summed E-state index contributed by atoms with van der Waals surface area (Å²) in [6.07, 6.45) is -0.148. The topological polar surface area (TPSA) is 67.9 Å². The van der Waals surface area contributed by atoms with Gasteiger partial charge in [0.15, 0.2) is 6.10 Å². The summed E-state index contributed by atoms with van der Waals surface area (Å²) in [6.45, 7) is 0.856. The Morgan fingerprint density at radius 3 is 2.68 bits per heavy atom. The van der Waals surface area contributed by atoms with E-state index < -0.39 is 12.1 Å². The number of carbonyl (C=O) groups excluding carboxylic acids is 2. The highest BCUT2D eigenvalue weighted by Gasteiger charge is 2.38. The van der Waals surface area contributed by atoms with Crippen molar-refractivity contribution in [2.45, 2.75) is 18.6 Å². The second-order valence-electron chi connectivity index (χ2n) is 6.57. The Labute approximate surface area is 169 Å². The molecule has 0 unspecified atom stereocenters. The van der Waals surface area contributed by atoms with Crippen molar-refractivity contribution in [1.29, 1.82) is 0 Å². The zero-order chi connectivity index (χ0) is 19.9. The molecule has 0 saturated carbocycles. The molecule has 0 spiro atoms. The summed E-state index contributed by atoms with van der Waals surface area (Å²) in [5.74, 6) is 0.325. The third kappa shape index (κ3) is 5.03. The SMILES string of the molecule is CN(CCCOc1ccccc1)C(=O)[C@H]1OCC(=O)N[C@@H]1c1ccccc1Cl. The summed E-state index contributed by atoms with van der Waals surface area (Å²) < 4.78 is 11.2. The Bertz CT molecular complexity index is 815. The molecule has 1 aliphatic heterocycles. The lowest BCUT2D eigenvalue weighted by molar-refractivity contribution is -0.154. The third-order valence-corrected chi connectivity index (χ3v) is 4.87. The summed E-state index contributed by atoms with van der Waals surface area (Å²) in [4.78, 5) is 26.3. The van der Waals surface area contributed by atoms with Crippen molar-refractivity contribution in [3.63, 3.8) is 0 Å². The minimum atomic E-state index is -0.822. The highest BCUT2D eigenvalue weighted by Crippen LogP contribution is 2.29. The number of nitrogens with one attached hydrogen (secondary N) is 1. The van der Waals surface area contributed by atoms with Gasteiger partial charge < -0.3 is 19.7 Å². The Kier molecular flexibility index (Phi) is 6.90. The van der Waals surface area contributed by atoms with E-state index in [1.54, 1.807) is 30.1 Å². The van der Waals surface area contributed by atoms with Gasteiger partial charge in [-0.1, -0.05) is 48.0 Å². The smallest absolute Gasteiger partial charge is 0.253 e. The largest absolute Gasteiger partial charge is 0.494 e. The van der Waals surface area contributed by atoms with Crippen LogP contribution in [0.4, 0.5) is 0 Å². The van der Waals surface area contributed by atoms with E-state index in [4.69, 9.17) is 21.1 Å². The molecule has 1 N–H and O–H groups in total. The molecule has 0 radical (unpaired) electrons. The number of amides is 2. The van der Waals surface area contributed by atoms with Crippen molar-refractivity contribution in [2.75, 3.05) is 26.8 Å². The van der Waals surface area contributed by atoms with Gasteiger partial charge in [-0.05, 0) is 30.2 Å². The van der Waals surface area contributed by atoms with Gasteiger partial charge in [-0.15, -0.1) is 0 Å². The molecular weight excluding hydrogens is 380 g/mol. The average Bonchev–Trinajstić information content (AvgIpc) is 2.71. The van der Waals surface area contributed by atoms with Crippen molar-refractivity contribution < 1.29 is 19.1 Å². The van der Waals surface area contributed by atoms with Crippen LogP contribution in [0.25, 0.3) is 0 Å². The van der Waals surface area contributed by atoms with Crippen LogP contribution in [-0.4, -0.2) is 49.6 Å². The Hall–Kier alpha value is -2.57. The van der Waals surface area contributed by atoms with Crippen molar-refractivity contribution in [3.8, 4) is 5.75 Å². The minimum Gasteiger partial charge on any atom is -0.494 e. The van der Waals surface area contributed by atoms with Crippen LogP contribution >= 0.6 is 11.6 Å². The monoisotopic (exact) mass is 402 g/mol. The van der Waals surface area contributed by atoms with Gasteiger partial charge in [0.1, 0.15) is 12.4 Å². The highest BCUT2D eigenvalue weighted by atomic mass is 35.5. The van der Waals surface area contributed by atoms with E-state index in [-0.39, 0.29) is 18.4 Å². The van der Waals surface area contributed by atoms with Crippen LogP contribution in [0.1, 0.15) is 18.0 Å². The van der Waals surface area contributed by atoms with Gasteiger partial charge in [-0.25, -0.2) is 0 Å². The summed E-state index contributed by atoms with van der Waals surface area (Å²) in [6, 6.07) is 16.0. The number of benzene rings is 2. The van der Waals surface area contributed by atoms with Gasteiger partial charge in [0, 0.05) is 18.6 Å². The lowest BCUT2D eigenvalue weighted by Gasteiger charge is -2.34. The molecule has 6 nitrogen and oxygen atoms in total. The lowest BCUT2D eigenvalue weighted by atomic mass is 9.98. The van der Waals surface area contributed by atoms with Crippen molar-refractivity contribution in [3.05, 3.63) is 65.2 Å². The number of halogens is 1. The molecule has 1 saturated heterocycles. The van der Waals surface area contributed by atoms with Crippen LogP contribution in [0, 0.1) is 0 Å². The summed E-state index contributed by atoms with van der Waals surface area (Å²) in [5, 5.41) is 3.31. The highest BCUT2D eigenvalue weighted by molar-refractivity contribution is 6.31. The van der Waals surface area contributed by atoms with Gasteiger partial charge in [0.25, 0.3) is 5.91 Å². The van der Waals surface area contributed by atoms with Crippen LogP contribution in [0.5, 0.6) is 5.75 Å². The fourth-order valence-corrected chi connectivity index (χ4v) is 3.32. The Morgan fingerprint density at radius 2 is 1.93 bits per heavy atom. The van der Waals surface area contributed by atoms with Gasteiger partial charge in [-0.3, -0.25) is 9.59 Å². The van der Waals surface area contributed by atoms with E-state index in [1.165, 1.54) is 0 Å². The summed E-state index contributed by atoms with van der Waals surface area (Å²) in [5.41, 5.74) is 0.663. The number of nitrogens with zero attached hydrogens (tertiary/aromatic N) is 1. The Balaban J connectivity index is 1.59. The minimum absolute atomic E-state index is 0.150. The summed E-state index contributed by atoms with van der Waals surface area (Å²) in [7, 11) is 1.72. The molecular formula is C21H23ClN2O4. The molecule has 0 aliphatic carbocycles. The molecule has 3 rings (SSSR count). The molecule has 0 bridgehead atoms. The van der Waals surface area contributed by atoms with Crippen LogP contribution < -0.4 is 10.1 Å². The van der Waals surface area contributed by atoms with Crippen LogP contribution in [0.3, 0.4) is 0 Å². The predicted octanol–water partition coefficient (Wildman–Crippen LogP) is 2.82. The Morgan fingerprint density at radius 1 is 1.21 bits per heavy atom. The maximum Gasteiger partial charge on any atom is 0.253 e. The lowest BCUT2D eigenvalue weighted by Crippen LogP contribution is -2.53. The fourth-order valence-electron chi connectivity index (χ4n) is 3.07. The number of hydrogen-bond donors (Lipinski definition) is 1. The molecule has 1 heterocycles. The first-order valence-corrected chi connectivity index (χ1v) is 9.52. The van der Waals surface area contributed by atoms with Gasteiger partial charge in [0.05, 0.1) is 12.6 Å². The van der Waals surface area contributed by atoms with Gasteiger partial charge >= 0.3 is 0 Å². The predicted molar refractivity (Wildman–Crippen MR) is 106 cm³/mol. The third-order valence-electron chi connectivity index (χ3n) is 4.52. The molecule has 1 aliphatic rings. The van der Waals surface area contributed by atoms with Gasteiger partial charge in [0.2, 0.25) is 5.91 Å². The van der Waals surface area contributed by atoms with E-state index in [0.29, 0.717) is 30.2 Å². The van der Waals surface area contributed by atoms with Crippen LogP contribution in [0.15, 0.2) is 54.6 Å². The molecule has 1 fully saturated rings. The van der Waals surface area contributed by atoms with Gasteiger partial charge in [-0.2, -0.15) is 0 Å². The van der Waals surface area contributed by atoms with Crippen LogP contribution in [0.2, 0.25) is 5.02 Å². The molecule has 2 atom stereocenters. The molecule has 2 aromatic carbocycles. The number of likely N-dealkylation sites (N-methyl/N-ethyl adjacent to an activating group) is 1. The van der Waals surface area contributed by atoms with E-state index >= 15 is 0 Å². The number of para-hydroxylation sites is 1. The number of carbonyl (C=O) groups is 2. The maximum atomic E-state index is 12.9. The number of ether oxygens (including phenoxy) is 2. The van der Waals surface area contributed by atoms with Crippen molar-refractivity contribution >= 4 is 23.4 Å². The number of rotatable bonds is 7. The first-order valence-electron chi connectivity index (χ1n) is 9.14. The van der Waals surface area contributed by atoms with E-state index in [1.807, 2.05) is 36.4 Å². The quantitative estimate of drug-likeness (QED) is 0.723. The van der Waals surface area contributed by atoms with Crippen molar-refractivity contribution in [1.82, 2.24) is 10.2 Å². The molecule has 0 aromatic heterocycles. The van der Waals surface area contributed by atoms with E-state index in [9.17, 15) is 9.59 Å². The summed E-state index contributed by atoms with van der Waals surface area (Å²) >= 11 is 6.27. The molecule has 148 valence electrons. The second-order valence-corrected chi connectivity index (χ2v) is 6.98. The second kappa shape index (κ2) is 9.57. The zero-order valence-corrected chi connectivity index (χ0v) is 16.4. The molecule has 28 heavy (non-hydrogen) atoms. The molecule has 7 heteroatoms. The average molecular weight is 403 g/mol. The normalized spacial score (nSPS) is 19.0. The van der Waals surface area contributed by atoms with Crippen LogP contribution in [-0.2, 0) is 14.3 Å². The maximum absolute atomic E-state index is 12.9. The van der Waals surface area contributed by atoms with E-state index in [0.717, 1.165) is 5.75 Å². The first-order chi connectivity index (χ1) is 13.6. The van der Waals surface area contributed by atoms with E-state index in [2.05, 4.69) is 5.32 Å². The molecule has 2 amide bonds. The fraction of sp³-hybridized carbons (Fsp3) is 0.333. The first kappa shape index (κ1) is 20.2. The zero-order valence-electron chi connectivity index (χ0n) is 15.6. The number of hydrogen-bond acceptors (Lipinski definition) is 4.